The summed E-state index contributed by atoms with van der Waals surface area (Å²) >= 11 is 0. The van der Waals surface area contributed by atoms with Gasteiger partial charge in [-0.15, -0.1) is 0 Å². The van der Waals surface area contributed by atoms with E-state index in [2.05, 4.69) is 5.32 Å². The molecular weight excluding hydrogens is 328 g/mol. The molecule has 26 heavy (non-hydrogen) atoms. The fraction of sp³-hybridized carbons (Fsp3) is 0.286. The molecular formula is C21H22N2O3. The summed E-state index contributed by atoms with van der Waals surface area (Å²) in [7, 11) is 0. The number of hydrogen-bond donors (Lipinski definition) is 1. The second kappa shape index (κ2) is 7.12. The number of hydrogen-bond acceptors (Lipinski definition) is 4. The summed E-state index contributed by atoms with van der Waals surface area (Å²) in [5.41, 5.74) is 3.89. The molecule has 0 fully saturated rings. The minimum Gasteiger partial charge on any atom is -0.375 e. The third-order valence-corrected chi connectivity index (χ3v) is 4.69. The highest BCUT2D eigenvalue weighted by Gasteiger charge is 2.24. The molecule has 1 amide bonds. The van der Waals surface area contributed by atoms with Crippen LogP contribution in [-0.2, 0) is 11.2 Å². The number of anilines is 2. The average Bonchev–Trinajstić information content (AvgIpc) is 3.04. The zero-order chi connectivity index (χ0) is 18.8. The quantitative estimate of drug-likeness (QED) is 0.839. The Balaban J connectivity index is 1.76. The van der Waals surface area contributed by atoms with Gasteiger partial charge in [0.2, 0.25) is 5.91 Å². The topological polar surface area (TPSA) is 66.5 Å². The summed E-state index contributed by atoms with van der Waals surface area (Å²) in [6, 6.07) is 12.2. The number of ketones is 2. The number of nitrogens with one attached hydrogen (secondary N) is 1. The molecule has 0 radical (unpaired) electrons. The van der Waals surface area contributed by atoms with Gasteiger partial charge in [0, 0.05) is 36.0 Å². The van der Waals surface area contributed by atoms with E-state index in [1.807, 2.05) is 18.2 Å². The molecule has 0 spiro atoms. The van der Waals surface area contributed by atoms with Crippen LogP contribution >= 0.6 is 0 Å². The summed E-state index contributed by atoms with van der Waals surface area (Å²) < 4.78 is 0. The molecule has 3 rings (SSSR count). The monoisotopic (exact) mass is 350 g/mol. The number of carbonyl (C=O) groups excluding carboxylic acids is 3. The first kappa shape index (κ1) is 17.9. The second-order valence-electron chi connectivity index (χ2n) is 6.63. The summed E-state index contributed by atoms with van der Waals surface area (Å²) in [4.78, 5) is 37.6. The molecule has 5 heteroatoms. The van der Waals surface area contributed by atoms with E-state index in [4.69, 9.17) is 0 Å². The fourth-order valence-corrected chi connectivity index (χ4v) is 3.28. The molecule has 1 aliphatic heterocycles. The molecule has 1 heterocycles. The van der Waals surface area contributed by atoms with Crippen LogP contribution < -0.4 is 10.2 Å². The van der Waals surface area contributed by atoms with Crippen molar-refractivity contribution in [1.82, 2.24) is 0 Å². The fourth-order valence-electron chi connectivity index (χ4n) is 3.28. The summed E-state index contributed by atoms with van der Waals surface area (Å²) in [6.45, 7) is 5.53. The predicted octanol–water partition coefficient (Wildman–Crippen LogP) is 3.48. The SMILES string of the molecule is CC(=O)c1cccc(N[C@H](C)C(=O)c2ccc3c(c2)CCN3C(C)=O)c1. The summed E-state index contributed by atoms with van der Waals surface area (Å²) in [5.74, 6) is -0.0215. The smallest absolute Gasteiger partial charge is 0.223 e. The minimum atomic E-state index is -0.430. The van der Waals surface area contributed by atoms with Crippen molar-refractivity contribution in [1.29, 1.82) is 0 Å². The molecule has 0 bridgehead atoms. The van der Waals surface area contributed by atoms with Crippen molar-refractivity contribution in [2.24, 2.45) is 0 Å². The highest BCUT2D eigenvalue weighted by atomic mass is 16.2. The van der Waals surface area contributed by atoms with Gasteiger partial charge in [-0.1, -0.05) is 12.1 Å². The van der Waals surface area contributed by atoms with Crippen molar-refractivity contribution in [3.8, 4) is 0 Å². The lowest BCUT2D eigenvalue weighted by Crippen LogP contribution is -2.27. The molecule has 1 aliphatic rings. The van der Waals surface area contributed by atoms with Gasteiger partial charge in [0.25, 0.3) is 0 Å². The lowest BCUT2D eigenvalue weighted by atomic mass is 10.0. The largest absolute Gasteiger partial charge is 0.375 e. The molecule has 0 saturated heterocycles. The van der Waals surface area contributed by atoms with Crippen LogP contribution in [0, 0.1) is 0 Å². The van der Waals surface area contributed by atoms with Crippen LogP contribution in [-0.4, -0.2) is 30.1 Å². The molecule has 0 aliphatic carbocycles. The average molecular weight is 350 g/mol. The van der Waals surface area contributed by atoms with Crippen molar-refractivity contribution in [2.45, 2.75) is 33.2 Å². The van der Waals surface area contributed by atoms with E-state index >= 15 is 0 Å². The van der Waals surface area contributed by atoms with Crippen molar-refractivity contribution in [3.05, 3.63) is 59.2 Å². The van der Waals surface area contributed by atoms with Crippen LogP contribution in [0.25, 0.3) is 0 Å². The molecule has 1 N–H and O–H groups in total. The van der Waals surface area contributed by atoms with E-state index in [9.17, 15) is 14.4 Å². The first-order chi connectivity index (χ1) is 12.4. The minimum absolute atomic E-state index is 0.0127. The number of rotatable bonds is 5. The van der Waals surface area contributed by atoms with Gasteiger partial charge in [0.05, 0.1) is 6.04 Å². The number of Topliss-reactive ketones (excluding diaryl/α,β-unsaturated/α-hetero) is 2. The number of fused-ring (bicyclic) bond motifs is 1. The highest BCUT2D eigenvalue weighted by Crippen LogP contribution is 2.29. The van der Waals surface area contributed by atoms with Crippen molar-refractivity contribution < 1.29 is 14.4 Å². The molecule has 2 aromatic rings. The normalized spacial score (nSPS) is 13.9. The van der Waals surface area contributed by atoms with Crippen LogP contribution in [0.2, 0.25) is 0 Å². The van der Waals surface area contributed by atoms with Crippen LogP contribution in [0.4, 0.5) is 11.4 Å². The van der Waals surface area contributed by atoms with E-state index in [-0.39, 0.29) is 17.5 Å². The maximum atomic E-state index is 12.8. The number of carbonyl (C=O) groups is 3. The van der Waals surface area contributed by atoms with E-state index < -0.39 is 6.04 Å². The standard InChI is InChI=1S/C21H22N2O3/c1-13(22-19-6-4-5-16(12-19)14(2)24)21(26)18-7-8-20-17(11-18)9-10-23(20)15(3)25/h4-8,11-13,22H,9-10H2,1-3H3/t13-/m1/s1. The van der Waals surface area contributed by atoms with Crippen LogP contribution in [0.3, 0.4) is 0 Å². The lowest BCUT2D eigenvalue weighted by molar-refractivity contribution is -0.116. The van der Waals surface area contributed by atoms with E-state index in [0.717, 1.165) is 23.4 Å². The van der Waals surface area contributed by atoms with Gasteiger partial charge in [0.15, 0.2) is 11.6 Å². The van der Waals surface area contributed by atoms with Gasteiger partial charge in [0.1, 0.15) is 0 Å². The Morgan fingerprint density at radius 3 is 2.50 bits per heavy atom. The van der Waals surface area contributed by atoms with Crippen LogP contribution in [0.1, 0.15) is 47.1 Å². The Bertz CT molecular complexity index is 889. The maximum absolute atomic E-state index is 12.8. The van der Waals surface area contributed by atoms with Gasteiger partial charge in [-0.05, 0) is 56.2 Å². The summed E-state index contributed by atoms with van der Waals surface area (Å²) in [6.07, 6.45) is 0.762. The van der Waals surface area contributed by atoms with Crippen molar-refractivity contribution in [3.63, 3.8) is 0 Å². The Labute approximate surface area is 153 Å². The Hall–Kier alpha value is -2.95. The third-order valence-electron chi connectivity index (χ3n) is 4.69. The first-order valence-electron chi connectivity index (χ1n) is 8.69. The number of amides is 1. The molecule has 2 aromatic carbocycles. The predicted molar refractivity (Wildman–Crippen MR) is 102 cm³/mol. The Morgan fingerprint density at radius 2 is 1.81 bits per heavy atom. The second-order valence-corrected chi connectivity index (χ2v) is 6.63. The van der Waals surface area contributed by atoms with Gasteiger partial charge in [-0.25, -0.2) is 0 Å². The van der Waals surface area contributed by atoms with Crippen LogP contribution in [0.15, 0.2) is 42.5 Å². The molecule has 5 nitrogen and oxygen atoms in total. The zero-order valence-electron chi connectivity index (χ0n) is 15.2. The van der Waals surface area contributed by atoms with Crippen molar-refractivity contribution >= 4 is 28.8 Å². The third kappa shape index (κ3) is 3.52. The molecule has 0 aromatic heterocycles. The lowest BCUT2D eigenvalue weighted by Gasteiger charge is -2.17. The van der Waals surface area contributed by atoms with Crippen LogP contribution in [0.5, 0.6) is 0 Å². The van der Waals surface area contributed by atoms with Gasteiger partial charge >= 0.3 is 0 Å². The molecule has 0 saturated carbocycles. The molecule has 0 unspecified atom stereocenters. The van der Waals surface area contributed by atoms with Gasteiger partial charge in [-0.2, -0.15) is 0 Å². The number of nitrogens with zero attached hydrogens (tertiary/aromatic N) is 1. The first-order valence-corrected chi connectivity index (χ1v) is 8.69. The van der Waals surface area contributed by atoms with E-state index in [1.54, 1.807) is 43.0 Å². The van der Waals surface area contributed by atoms with Crippen molar-refractivity contribution in [2.75, 3.05) is 16.8 Å². The van der Waals surface area contributed by atoms with Gasteiger partial charge < -0.3 is 10.2 Å². The molecule has 134 valence electrons. The summed E-state index contributed by atoms with van der Waals surface area (Å²) in [5, 5.41) is 3.16. The van der Waals surface area contributed by atoms with E-state index in [1.165, 1.54) is 6.92 Å². The van der Waals surface area contributed by atoms with Gasteiger partial charge in [-0.3, -0.25) is 14.4 Å². The zero-order valence-corrected chi connectivity index (χ0v) is 15.2. The van der Waals surface area contributed by atoms with E-state index in [0.29, 0.717) is 17.7 Å². The highest BCUT2D eigenvalue weighted by molar-refractivity contribution is 6.03. The molecule has 1 atom stereocenters. The number of benzene rings is 2. The Kier molecular flexibility index (Phi) is 4.89. The Morgan fingerprint density at radius 1 is 1.04 bits per heavy atom. The maximum Gasteiger partial charge on any atom is 0.223 e.